The Bertz CT molecular complexity index is 568. The van der Waals surface area contributed by atoms with Gasteiger partial charge in [0.05, 0.1) is 5.56 Å². The van der Waals surface area contributed by atoms with E-state index in [0.29, 0.717) is 13.0 Å². The van der Waals surface area contributed by atoms with Crippen molar-refractivity contribution in [2.75, 3.05) is 13.6 Å². The number of benzene rings is 2. The van der Waals surface area contributed by atoms with Crippen LogP contribution in [0.4, 0.5) is 4.39 Å². The molecule has 0 bridgehead atoms. The summed E-state index contributed by atoms with van der Waals surface area (Å²) in [5.41, 5.74) is 1.38. The number of nitrogens with zero attached hydrogens (tertiary/aromatic N) is 1. The normalized spacial score (nSPS) is 10.8. The fourth-order valence-corrected chi connectivity index (χ4v) is 2.09. The minimum Gasteiger partial charge on any atom is -0.302 e. The molecule has 0 fully saturated rings. The van der Waals surface area contributed by atoms with Crippen molar-refractivity contribution in [3.8, 4) is 0 Å². The van der Waals surface area contributed by atoms with Crippen molar-refractivity contribution in [3.63, 3.8) is 0 Å². The lowest BCUT2D eigenvalue weighted by Crippen LogP contribution is -2.21. The molecule has 0 saturated carbocycles. The first-order valence-electron chi connectivity index (χ1n) is 6.67. The van der Waals surface area contributed by atoms with Crippen molar-refractivity contribution in [2.45, 2.75) is 13.0 Å². The summed E-state index contributed by atoms with van der Waals surface area (Å²) in [5, 5.41) is 0. The largest absolute Gasteiger partial charge is 0.302 e. The highest BCUT2D eigenvalue weighted by atomic mass is 19.1. The van der Waals surface area contributed by atoms with Gasteiger partial charge in [0, 0.05) is 19.5 Å². The molecular formula is C17H18FNO. The van der Waals surface area contributed by atoms with E-state index in [4.69, 9.17) is 0 Å². The molecule has 0 aliphatic heterocycles. The van der Waals surface area contributed by atoms with E-state index in [-0.39, 0.29) is 11.3 Å². The second-order valence-corrected chi connectivity index (χ2v) is 4.88. The predicted molar refractivity (Wildman–Crippen MR) is 78.1 cm³/mol. The van der Waals surface area contributed by atoms with Gasteiger partial charge in [0.25, 0.3) is 0 Å². The van der Waals surface area contributed by atoms with E-state index in [2.05, 4.69) is 17.0 Å². The zero-order valence-electron chi connectivity index (χ0n) is 11.6. The van der Waals surface area contributed by atoms with Crippen molar-refractivity contribution in [3.05, 3.63) is 71.5 Å². The van der Waals surface area contributed by atoms with Gasteiger partial charge < -0.3 is 4.90 Å². The number of hydrogen-bond acceptors (Lipinski definition) is 2. The van der Waals surface area contributed by atoms with E-state index >= 15 is 0 Å². The van der Waals surface area contributed by atoms with Crippen LogP contribution in [-0.2, 0) is 6.54 Å². The Morgan fingerprint density at radius 1 is 1.05 bits per heavy atom. The molecule has 2 nitrogen and oxygen atoms in total. The summed E-state index contributed by atoms with van der Waals surface area (Å²) in [5.74, 6) is -0.591. The van der Waals surface area contributed by atoms with E-state index in [9.17, 15) is 9.18 Å². The zero-order valence-corrected chi connectivity index (χ0v) is 11.6. The summed E-state index contributed by atoms with van der Waals surface area (Å²) in [4.78, 5) is 14.0. The summed E-state index contributed by atoms with van der Waals surface area (Å²) in [6.45, 7) is 1.40. The molecule has 0 radical (unpaired) electrons. The van der Waals surface area contributed by atoms with E-state index in [1.807, 2.05) is 25.2 Å². The van der Waals surface area contributed by atoms with Gasteiger partial charge in [-0.15, -0.1) is 0 Å². The third-order valence-electron chi connectivity index (χ3n) is 3.19. The number of carbonyl (C=O) groups excluding carboxylic acids is 1. The molecule has 0 atom stereocenters. The smallest absolute Gasteiger partial charge is 0.167 e. The molecule has 3 heteroatoms. The number of carbonyl (C=O) groups is 1. The Hall–Kier alpha value is -2.00. The van der Waals surface area contributed by atoms with Crippen molar-refractivity contribution < 1.29 is 9.18 Å². The van der Waals surface area contributed by atoms with E-state index < -0.39 is 5.82 Å². The van der Waals surface area contributed by atoms with Crippen molar-refractivity contribution in [2.24, 2.45) is 0 Å². The van der Waals surface area contributed by atoms with Gasteiger partial charge in [-0.2, -0.15) is 0 Å². The maximum absolute atomic E-state index is 13.5. The van der Waals surface area contributed by atoms with E-state index in [1.165, 1.54) is 17.7 Å². The fraction of sp³-hybridized carbons (Fsp3) is 0.235. The molecule has 0 unspecified atom stereocenters. The molecule has 2 rings (SSSR count). The minimum absolute atomic E-state index is 0.150. The van der Waals surface area contributed by atoms with Crippen LogP contribution < -0.4 is 0 Å². The van der Waals surface area contributed by atoms with Gasteiger partial charge in [0.2, 0.25) is 0 Å². The lowest BCUT2D eigenvalue weighted by Gasteiger charge is -2.16. The van der Waals surface area contributed by atoms with Crippen LogP contribution in [0.15, 0.2) is 54.6 Å². The first-order chi connectivity index (χ1) is 9.66. The monoisotopic (exact) mass is 271 g/mol. The molecule has 0 aromatic heterocycles. The van der Waals surface area contributed by atoms with Gasteiger partial charge in [-0.3, -0.25) is 4.79 Å². The van der Waals surface area contributed by atoms with E-state index in [1.54, 1.807) is 12.1 Å². The molecule has 2 aromatic rings. The number of rotatable bonds is 6. The standard InChI is InChI=1S/C17H18FNO/c1-19(13-14-7-3-2-4-8-14)12-11-17(20)15-9-5-6-10-16(15)18/h2-10H,11-13H2,1H3. The average Bonchev–Trinajstić information content (AvgIpc) is 2.46. The van der Waals surface area contributed by atoms with E-state index in [0.717, 1.165) is 6.54 Å². The maximum atomic E-state index is 13.5. The van der Waals surface area contributed by atoms with Crippen LogP contribution in [0.3, 0.4) is 0 Å². The number of halogens is 1. The molecule has 2 aromatic carbocycles. The van der Waals surface area contributed by atoms with Crippen LogP contribution in [0.25, 0.3) is 0 Å². The first kappa shape index (κ1) is 14.4. The summed E-state index contributed by atoms with van der Waals surface area (Å²) >= 11 is 0. The highest BCUT2D eigenvalue weighted by Crippen LogP contribution is 2.10. The summed E-state index contributed by atoms with van der Waals surface area (Å²) in [6.07, 6.45) is 0.324. The third kappa shape index (κ3) is 4.00. The number of Topliss-reactive ketones (excluding diaryl/α,β-unsaturated/α-hetero) is 1. The Kier molecular flexibility index (Phi) is 5.02. The summed E-state index contributed by atoms with van der Waals surface area (Å²) in [7, 11) is 1.96. The molecule has 0 heterocycles. The van der Waals surface area contributed by atoms with Crippen LogP contribution in [0, 0.1) is 5.82 Å². The van der Waals surface area contributed by atoms with Crippen LogP contribution in [0.1, 0.15) is 22.3 Å². The fourth-order valence-electron chi connectivity index (χ4n) is 2.09. The molecule has 0 spiro atoms. The van der Waals surface area contributed by atoms with Crippen molar-refractivity contribution >= 4 is 5.78 Å². The lowest BCUT2D eigenvalue weighted by molar-refractivity contribution is 0.0964. The topological polar surface area (TPSA) is 20.3 Å². The maximum Gasteiger partial charge on any atom is 0.167 e. The van der Waals surface area contributed by atoms with Crippen molar-refractivity contribution in [1.82, 2.24) is 4.90 Å². The second-order valence-electron chi connectivity index (χ2n) is 4.88. The van der Waals surface area contributed by atoms with Gasteiger partial charge in [0.15, 0.2) is 5.78 Å². The molecule has 0 saturated heterocycles. The first-order valence-corrected chi connectivity index (χ1v) is 6.67. The highest BCUT2D eigenvalue weighted by Gasteiger charge is 2.11. The molecule has 0 aliphatic carbocycles. The molecule has 20 heavy (non-hydrogen) atoms. The molecule has 0 aliphatic rings. The van der Waals surface area contributed by atoms with Crippen LogP contribution >= 0.6 is 0 Å². The highest BCUT2D eigenvalue weighted by molar-refractivity contribution is 5.96. The number of ketones is 1. The zero-order chi connectivity index (χ0) is 14.4. The van der Waals surface area contributed by atoms with Gasteiger partial charge >= 0.3 is 0 Å². The summed E-state index contributed by atoms with van der Waals surface area (Å²) in [6, 6.07) is 16.2. The van der Waals surface area contributed by atoms with Gasteiger partial charge in [-0.1, -0.05) is 42.5 Å². The van der Waals surface area contributed by atoms with Gasteiger partial charge in [-0.05, 0) is 24.7 Å². The quantitative estimate of drug-likeness (QED) is 0.749. The minimum atomic E-state index is -0.441. The van der Waals surface area contributed by atoms with Crippen LogP contribution in [0.5, 0.6) is 0 Å². The molecule has 0 amide bonds. The van der Waals surface area contributed by atoms with Gasteiger partial charge in [-0.25, -0.2) is 4.39 Å². The Morgan fingerprint density at radius 3 is 2.40 bits per heavy atom. The van der Waals surface area contributed by atoms with Crippen LogP contribution in [-0.4, -0.2) is 24.3 Å². The molecular weight excluding hydrogens is 253 g/mol. The van der Waals surface area contributed by atoms with Crippen LogP contribution in [0.2, 0.25) is 0 Å². The SMILES string of the molecule is CN(CCC(=O)c1ccccc1F)Cc1ccccc1. The average molecular weight is 271 g/mol. The summed E-state index contributed by atoms with van der Waals surface area (Å²) < 4.78 is 13.5. The molecule has 0 N–H and O–H groups in total. The predicted octanol–water partition coefficient (Wildman–Crippen LogP) is 3.53. The lowest BCUT2D eigenvalue weighted by atomic mass is 10.1. The van der Waals surface area contributed by atoms with Gasteiger partial charge in [0.1, 0.15) is 5.82 Å². The molecule has 104 valence electrons. The Balaban J connectivity index is 1.86. The third-order valence-corrected chi connectivity index (χ3v) is 3.19. The van der Waals surface area contributed by atoms with Crippen molar-refractivity contribution in [1.29, 1.82) is 0 Å². The Labute approximate surface area is 118 Å². The Morgan fingerprint density at radius 2 is 1.70 bits per heavy atom. The second kappa shape index (κ2) is 6.96. The number of hydrogen-bond donors (Lipinski definition) is 0.